The summed E-state index contributed by atoms with van der Waals surface area (Å²) in [6.07, 6.45) is 3.16. The van der Waals surface area contributed by atoms with Gasteiger partial charge in [-0.15, -0.1) is 0 Å². The van der Waals surface area contributed by atoms with Gasteiger partial charge < -0.3 is 15.0 Å². The zero-order valence-electron chi connectivity index (χ0n) is 20.7. The molecule has 2 aromatic heterocycles. The molecule has 1 aromatic carbocycles. The smallest absolute Gasteiger partial charge is 0.254 e. The van der Waals surface area contributed by atoms with Gasteiger partial charge in [-0.25, -0.2) is 13.8 Å². The van der Waals surface area contributed by atoms with Gasteiger partial charge in [-0.05, 0) is 42.8 Å². The maximum absolute atomic E-state index is 15.2. The minimum atomic E-state index is -0.580. The summed E-state index contributed by atoms with van der Waals surface area (Å²) < 4.78 is 35.5. The summed E-state index contributed by atoms with van der Waals surface area (Å²) >= 11 is 0. The maximum Gasteiger partial charge on any atom is 0.254 e. The van der Waals surface area contributed by atoms with Gasteiger partial charge in [-0.2, -0.15) is 0 Å². The lowest BCUT2D eigenvalue weighted by Gasteiger charge is -2.20. The number of methoxy groups -OCH3 is 1. The fraction of sp³-hybridized carbons (Fsp3) is 0.370. The highest BCUT2D eigenvalue weighted by Gasteiger charge is 2.30. The lowest BCUT2D eigenvalue weighted by Crippen LogP contribution is -2.27. The molecule has 8 heteroatoms. The molecular weight excluding hydrogens is 450 g/mol. The lowest BCUT2D eigenvalue weighted by atomic mass is 9.89. The van der Waals surface area contributed by atoms with Gasteiger partial charge in [-0.3, -0.25) is 9.78 Å². The largest absolute Gasteiger partial charge is 0.383 e. The number of nitrogens with zero attached hydrogens (tertiary/aromatic N) is 3. The number of nitrogens with one attached hydrogen (secondary N) is 1. The number of fused-ring (bicyclic) bond motifs is 1. The van der Waals surface area contributed by atoms with E-state index >= 15 is 8.78 Å². The Bertz CT molecular complexity index is 1260. The summed E-state index contributed by atoms with van der Waals surface area (Å²) in [6, 6.07) is 7.02. The van der Waals surface area contributed by atoms with Crippen LogP contribution in [0.5, 0.6) is 0 Å². The molecule has 0 bridgehead atoms. The van der Waals surface area contributed by atoms with Gasteiger partial charge >= 0.3 is 0 Å². The van der Waals surface area contributed by atoms with Crippen LogP contribution in [0, 0.1) is 11.6 Å². The lowest BCUT2D eigenvalue weighted by molar-refractivity contribution is 0.0719. The maximum atomic E-state index is 15.2. The van der Waals surface area contributed by atoms with E-state index in [2.05, 4.69) is 15.3 Å². The van der Waals surface area contributed by atoms with Crippen molar-refractivity contribution in [3.63, 3.8) is 0 Å². The monoisotopic (exact) mass is 480 g/mol. The van der Waals surface area contributed by atoms with Crippen LogP contribution in [0.4, 0.5) is 14.6 Å². The molecule has 0 aliphatic carbocycles. The van der Waals surface area contributed by atoms with E-state index in [1.165, 1.54) is 12.1 Å². The first-order valence-corrected chi connectivity index (χ1v) is 11.6. The van der Waals surface area contributed by atoms with Crippen LogP contribution in [0.25, 0.3) is 11.1 Å². The first-order valence-electron chi connectivity index (χ1n) is 11.6. The molecule has 1 atom stereocenters. The van der Waals surface area contributed by atoms with Crippen LogP contribution in [0.2, 0.25) is 0 Å². The second-order valence-electron chi connectivity index (χ2n) is 9.80. The number of pyridine rings is 2. The second kappa shape index (κ2) is 9.70. The number of anilines is 1. The SMILES string of the molecule is COCCN1Cc2c(ccnc2NC(C)c2cc(F)c(-c3ccnc(C(C)(C)C)c3)cc2F)C1=O. The topological polar surface area (TPSA) is 67.3 Å². The van der Waals surface area contributed by atoms with E-state index in [1.807, 2.05) is 20.8 Å². The van der Waals surface area contributed by atoms with E-state index in [-0.39, 0.29) is 22.4 Å². The molecule has 1 N–H and O–H groups in total. The van der Waals surface area contributed by atoms with Crippen molar-refractivity contribution >= 4 is 11.7 Å². The molecule has 3 aromatic rings. The molecule has 184 valence electrons. The van der Waals surface area contributed by atoms with Crippen molar-refractivity contribution in [2.45, 2.75) is 45.7 Å². The minimum Gasteiger partial charge on any atom is -0.383 e. The van der Waals surface area contributed by atoms with E-state index in [9.17, 15) is 4.79 Å². The highest BCUT2D eigenvalue weighted by Crippen LogP contribution is 2.33. The number of hydrogen-bond donors (Lipinski definition) is 1. The van der Waals surface area contributed by atoms with Crippen molar-refractivity contribution in [1.82, 2.24) is 14.9 Å². The van der Waals surface area contributed by atoms with E-state index in [0.29, 0.717) is 36.6 Å². The molecule has 0 saturated carbocycles. The minimum absolute atomic E-state index is 0.0938. The molecule has 0 saturated heterocycles. The summed E-state index contributed by atoms with van der Waals surface area (Å²) in [7, 11) is 1.58. The Kier molecular flexibility index (Phi) is 6.85. The van der Waals surface area contributed by atoms with Crippen LogP contribution in [-0.4, -0.2) is 41.0 Å². The molecular formula is C27H30F2N4O2. The number of benzene rings is 1. The Morgan fingerprint density at radius 3 is 2.54 bits per heavy atom. The number of aromatic nitrogens is 2. The van der Waals surface area contributed by atoms with Gasteiger partial charge in [-0.1, -0.05) is 20.8 Å². The van der Waals surface area contributed by atoms with Gasteiger partial charge in [0.2, 0.25) is 0 Å². The average Bonchev–Trinajstić information content (AvgIpc) is 3.15. The second-order valence-corrected chi connectivity index (χ2v) is 9.80. The van der Waals surface area contributed by atoms with Crippen LogP contribution in [-0.2, 0) is 16.7 Å². The first kappa shape index (κ1) is 24.7. The molecule has 4 rings (SSSR count). The van der Waals surface area contributed by atoms with E-state index in [1.54, 1.807) is 49.5 Å². The third-order valence-electron chi connectivity index (χ3n) is 6.23. The Balaban J connectivity index is 1.60. The molecule has 6 nitrogen and oxygen atoms in total. The van der Waals surface area contributed by atoms with Gasteiger partial charge in [0.1, 0.15) is 17.5 Å². The molecule has 1 aliphatic heterocycles. The Hall–Kier alpha value is -3.39. The summed E-state index contributed by atoms with van der Waals surface area (Å²) in [6.45, 7) is 9.07. The van der Waals surface area contributed by atoms with Crippen LogP contribution in [0.3, 0.4) is 0 Å². The van der Waals surface area contributed by atoms with Crippen molar-refractivity contribution in [1.29, 1.82) is 0 Å². The highest BCUT2D eigenvalue weighted by atomic mass is 19.1. The summed E-state index contributed by atoms with van der Waals surface area (Å²) in [5, 5.41) is 3.17. The fourth-order valence-electron chi connectivity index (χ4n) is 4.20. The average molecular weight is 481 g/mol. The summed E-state index contributed by atoms with van der Waals surface area (Å²) in [5.74, 6) is -0.658. The summed E-state index contributed by atoms with van der Waals surface area (Å²) in [4.78, 5) is 23.1. The molecule has 1 unspecified atom stereocenters. The van der Waals surface area contributed by atoms with Crippen LogP contribution < -0.4 is 5.32 Å². The zero-order chi connectivity index (χ0) is 25.3. The highest BCUT2D eigenvalue weighted by molar-refractivity contribution is 5.99. The number of carbonyl (C=O) groups is 1. The van der Waals surface area contributed by atoms with Crippen LogP contribution in [0.1, 0.15) is 60.9 Å². The Labute approximate surface area is 204 Å². The first-order chi connectivity index (χ1) is 16.6. The van der Waals surface area contributed by atoms with Crippen molar-refractivity contribution in [2.75, 3.05) is 25.6 Å². The molecule has 35 heavy (non-hydrogen) atoms. The van der Waals surface area contributed by atoms with Crippen LogP contribution >= 0.6 is 0 Å². The number of ether oxygens (including phenoxy) is 1. The molecule has 1 aliphatic rings. The van der Waals surface area contributed by atoms with Crippen LogP contribution in [0.15, 0.2) is 42.7 Å². The fourth-order valence-corrected chi connectivity index (χ4v) is 4.20. The van der Waals surface area contributed by atoms with Gasteiger partial charge in [0.25, 0.3) is 5.91 Å². The zero-order valence-corrected chi connectivity index (χ0v) is 20.7. The van der Waals surface area contributed by atoms with Crippen molar-refractivity contribution in [3.8, 4) is 11.1 Å². The van der Waals surface area contributed by atoms with Gasteiger partial charge in [0, 0.05) is 59.4 Å². The van der Waals surface area contributed by atoms with Crippen molar-refractivity contribution in [2.24, 2.45) is 0 Å². The van der Waals surface area contributed by atoms with E-state index in [4.69, 9.17) is 4.74 Å². The third kappa shape index (κ3) is 5.03. The molecule has 0 fully saturated rings. The van der Waals surface area contributed by atoms with Gasteiger partial charge in [0.05, 0.1) is 19.2 Å². The molecule has 3 heterocycles. The number of hydrogen-bond acceptors (Lipinski definition) is 5. The Morgan fingerprint density at radius 2 is 1.83 bits per heavy atom. The summed E-state index contributed by atoms with van der Waals surface area (Å²) in [5.41, 5.74) is 2.82. The standard InChI is InChI=1S/C27H30F2N4O2/c1-16(32-25-21-15-33(10-11-35-5)26(34)18(21)7-9-31-25)19-13-23(29)20(14-22(19)28)17-6-8-30-24(12-17)27(2,3)4/h6-9,12-14,16H,10-11,15H2,1-5H3,(H,31,32). The predicted octanol–water partition coefficient (Wildman–Crippen LogP) is 5.49. The van der Waals surface area contributed by atoms with E-state index < -0.39 is 17.7 Å². The molecule has 0 spiro atoms. The number of carbonyl (C=O) groups excluding carboxylic acids is 1. The number of halogens is 2. The predicted molar refractivity (Wildman–Crippen MR) is 131 cm³/mol. The molecule has 0 radical (unpaired) electrons. The number of rotatable bonds is 7. The number of amides is 1. The quantitative estimate of drug-likeness (QED) is 0.484. The van der Waals surface area contributed by atoms with Gasteiger partial charge in [0.15, 0.2) is 0 Å². The van der Waals surface area contributed by atoms with Crippen molar-refractivity contribution in [3.05, 3.63) is 76.7 Å². The normalized spacial score (nSPS) is 14.3. The Morgan fingerprint density at radius 1 is 1.09 bits per heavy atom. The van der Waals surface area contributed by atoms with Crippen molar-refractivity contribution < 1.29 is 18.3 Å². The third-order valence-corrected chi connectivity index (χ3v) is 6.23. The molecule has 1 amide bonds. The van der Waals surface area contributed by atoms with E-state index in [0.717, 1.165) is 11.3 Å².